The molecular weight excluding hydrogens is 320 g/mol. The molecule has 0 amide bonds. The minimum atomic E-state index is -0.695. The largest absolute Gasteiger partial charge is 0.481 e. The fourth-order valence-electron chi connectivity index (χ4n) is 2.96. The summed E-state index contributed by atoms with van der Waals surface area (Å²) in [6.07, 6.45) is 15.0. The molecule has 0 aromatic rings. The van der Waals surface area contributed by atoms with E-state index in [0.29, 0.717) is 5.11 Å². The number of nitrogens with zero attached hydrogens (tertiary/aromatic N) is 2. The van der Waals surface area contributed by atoms with Gasteiger partial charge in [-0.15, -0.1) is 0 Å². The first kappa shape index (κ1) is 20.9. The summed E-state index contributed by atoms with van der Waals surface area (Å²) in [6, 6.07) is 0. The van der Waals surface area contributed by atoms with Crippen molar-refractivity contribution in [3.05, 3.63) is 0 Å². The van der Waals surface area contributed by atoms with Crippen LogP contribution >= 0.6 is 12.2 Å². The van der Waals surface area contributed by atoms with Crippen molar-refractivity contribution in [2.45, 2.75) is 96.8 Å². The molecule has 0 unspecified atom stereocenters. The van der Waals surface area contributed by atoms with Crippen molar-refractivity contribution < 1.29 is 9.90 Å². The molecule has 1 rings (SSSR count). The van der Waals surface area contributed by atoms with Crippen LogP contribution in [0.15, 0.2) is 9.98 Å². The van der Waals surface area contributed by atoms with Crippen LogP contribution in [0.4, 0.5) is 0 Å². The van der Waals surface area contributed by atoms with Gasteiger partial charge in [0.05, 0.1) is 11.4 Å². The molecule has 4 nitrogen and oxygen atoms in total. The smallest absolute Gasteiger partial charge is 0.303 e. The molecule has 24 heavy (non-hydrogen) atoms. The van der Waals surface area contributed by atoms with E-state index in [9.17, 15) is 4.79 Å². The number of hydrogen-bond donors (Lipinski definition) is 1. The molecule has 0 saturated carbocycles. The minimum Gasteiger partial charge on any atom is -0.481 e. The van der Waals surface area contributed by atoms with Crippen molar-refractivity contribution in [3.63, 3.8) is 0 Å². The third kappa shape index (κ3) is 9.91. The number of carboxylic acid groups (broad SMARTS) is 1. The molecule has 136 valence electrons. The lowest BCUT2D eigenvalue weighted by Crippen LogP contribution is -2.11. The summed E-state index contributed by atoms with van der Waals surface area (Å²) in [7, 11) is 0. The van der Waals surface area contributed by atoms with Gasteiger partial charge in [-0.1, -0.05) is 58.3 Å². The first-order valence-corrected chi connectivity index (χ1v) is 9.95. The van der Waals surface area contributed by atoms with Crippen LogP contribution in [0, 0.1) is 0 Å². The Labute approximate surface area is 151 Å². The van der Waals surface area contributed by atoms with Crippen molar-refractivity contribution in [1.82, 2.24) is 0 Å². The fourth-order valence-corrected chi connectivity index (χ4v) is 3.18. The van der Waals surface area contributed by atoms with Crippen LogP contribution in [-0.4, -0.2) is 27.6 Å². The molecule has 0 radical (unpaired) electrons. The molecule has 0 bridgehead atoms. The topological polar surface area (TPSA) is 62.0 Å². The van der Waals surface area contributed by atoms with Crippen LogP contribution in [-0.2, 0) is 4.79 Å². The number of carboxylic acids is 1. The Hall–Kier alpha value is -1.10. The molecule has 1 aliphatic heterocycles. The second-order valence-corrected chi connectivity index (χ2v) is 6.94. The minimum absolute atomic E-state index is 0.288. The summed E-state index contributed by atoms with van der Waals surface area (Å²) < 4.78 is 0. The van der Waals surface area contributed by atoms with E-state index < -0.39 is 5.97 Å². The second-order valence-electron chi connectivity index (χ2n) is 6.58. The van der Waals surface area contributed by atoms with Gasteiger partial charge in [-0.05, 0) is 44.3 Å². The van der Waals surface area contributed by atoms with E-state index in [-0.39, 0.29) is 6.42 Å². The fraction of sp³-hybridized carbons (Fsp3) is 0.789. The van der Waals surface area contributed by atoms with Crippen molar-refractivity contribution in [2.24, 2.45) is 9.98 Å². The maximum atomic E-state index is 10.4. The average molecular weight is 353 g/mol. The quantitative estimate of drug-likeness (QED) is 0.302. The van der Waals surface area contributed by atoms with E-state index in [2.05, 4.69) is 16.9 Å². The highest BCUT2D eigenvalue weighted by Crippen LogP contribution is 2.15. The molecular formula is C19H32N2O2S. The van der Waals surface area contributed by atoms with Crippen LogP contribution in [0.25, 0.3) is 0 Å². The number of carbonyl (C=O) groups is 1. The molecule has 0 aliphatic carbocycles. The maximum absolute atomic E-state index is 10.4. The van der Waals surface area contributed by atoms with Gasteiger partial charge in [-0.2, -0.15) is 0 Å². The van der Waals surface area contributed by atoms with E-state index in [0.717, 1.165) is 56.4 Å². The summed E-state index contributed by atoms with van der Waals surface area (Å²) >= 11 is 5.14. The number of hydrogen-bond acceptors (Lipinski definition) is 2. The number of rotatable bonds is 15. The summed E-state index contributed by atoms with van der Waals surface area (Å²) in [5.74, 6) is -0.695. The van der Waals surface area contributed by atoms with Gasteiger partial charge in [0.2, 0.25) is 5.11 Å². The van der Waals surface area contributed by atoms with Gasteiger partial charge in [-0.25, -0.2) is 9.98 Å². The molecule has 0 fully saturated rings. The van der Waals surface area contributed by atoms with Gasteiger partial charge < -0.3 is 5.11 Å². The first-order chi connectivity index (χ1) is 11.6. The van der Waals surface area contributed by atoms with E-state index in [1.165, 1.54) is 38.5 Å². The molecule has 0 atom stereocenters. The van der Waals surface area contributed by atoms with E-state index in [1.54, 1.807) is 0 Å². The molecule has 0 saturated heterocycles. The molecule has 1 aliphatic rings. The maximum Gasteiger partial charge on any atom is 0.303 e. The summed E-state index contributed by atoms with van der Waals surface area (Å²) in [5, 5.41) is 9.10. The Morgan fingerprint density at radius 3 is 1.79 bits per heavy atom. The van der Waals surface area contributed by atoms with Gasteiger partial charge >= 0.3 is 5.97 Å². The molecule has 5 heteroatoms. The third-order valence-electron chi connectivity index (χ3n) is 4.37. The van der Waals surface area contributed by atoms with E-state index in [4.69, 9.17) is 17.3 Å². The zero-order valence-corrected chi connectivity index (χ0v) is 15.9. The van der Waals surface area contributed by atoms with E-state index in [1.807, 2.05) is 0 Å². The van der Waals surface area contributed by atoms with Crippen LogP contribution < -0.4 is 0 Å². The van der Waals surface area contributed by atoms with Gasteiger partial charge in [0, 0.05) is 6.42 Å². The molecule has 1 heterocycles. The van der Waals surface area contributed by atoms with Crippen LogP contribution in [0.5, 0.6) is 0 Å². The Morgan fingerprint density at radius 2 is 1.29 bits per heavy atom. The molecule has 1 N–H and O–H groups in total. The van der Waals surface area contributed by atoms with Crippen LogP contribution in [0.3, 0.4) is 0 Å². The summed E-state index contributed by atoms with van der Waals surface area (Å²) in [6.45, 7) is 2.24. The molecule has 0 aromatic carbocycles. The number of aliphatic imine (C=N–C) groups is 2. The average Bonchev–Trinajstić information content (AvgIpc) is 2.89. The number of thiocarbonyl (C=S) groups is 1. The number of unbranched alkanes of at least 4 members (excludes halogenated alkanes) is 9. The SMILES string of the molecule is CCCCCCCCC1=NC(=S)N=C1CCCCCCCC(=O)O. The predicted octanol–water partition coefficient (Wildman–Crippen LogP) is 5.73. The van der Waals surface area contributed by atoms with Crippen molar-refractivity contribution in [2.75, 3.05) is 0 Å². The number of aliphatic carboxylic acids is 1. The highest BCUT2D eigenvalue weighted by Gasteiger charge is 2.16. The normalized spacial score (nSPS) is 14.0. The summed E-state index contributed by atoms with van der Waals surface area (Å²) in [4.78, 5) is 19.3. The lowest BCUT2D eigenvalue weighted by Gasteiger charge is -2.05. The molecule has 0 aromatic heterocycles. The first-order valence-electron chi connectivity index (χ1n) is 9.54. The second kappa shape index (κ2) is 13.2. The highest BCUT2D eigenvalue weighted by molar-refractivity contribution is 7.80. The molecule has 0 spiro atoms. The summed E-state index contributed by atoms with van der Waals surface area (Å²) in [5.41, 5.74) is 2.21. The zero-order chi connectivity index (χ0) is 17.6. The van der Waals surface area contributed by atoms with Gasteiger partial charge in [0.1, 0.15) is 0 Å². The Morgan fingerprint density at radius 1 is 0.833 bits per heavy atom. The van der Waals surface area contributed by atoms with E-state index >= 15 is 0 Å². The monoisotopic (exact) mass is 352 g/mol. The lowest BCUT2D eigenvalue weighted by molar-refractivity contribution is -0.137. The van der Waals surface area contributed by atoms with Crippen LogP contribution in [0.1, 0.15) is 96.8 Å². The van der Waals surface area contributed by atoms with Crippen LogP contribution in [0.2, 0.25) is 0 Å². The van der Waals surface area contributed by atoms with Gasteiger partial charge in [0.25, 0.3) is 0 Å². The zero-order valence-electron chi connectivity index (χ0n) is 15.1. The predicted molar refractivity (Wildman–Crippen MR) is 105 cm³/mol. The lowest BCUT2D eigenvalue weighted by atomic mass is 10.0. The van der Waals surface area contributed by atoms with Crippen molar-refractivity contribution >= 4 is 34.7 Å². The Bertz CT molecular complexity index is 458. The Balaban J connectivity index is 2.12. The standard InChI is InChI=1S/C19H32N2O2S/c1-2-3-4-5-7-10-13-16-17(21-19(24)20-16)14-11-8-6-9-12-15-18(22)23/h2-15H2,1H3,(H,22,23). The van der Waals surface area contributed by atoms with Gasteiger partial charge in [-0.3, -0.25) is 4.79 Å². The van der Waals surface area contributed by atoms with Crippen molar-refractivity contribution in [1.29, 1.82) is 0 Å². The Kier molecular flexibility index (Phi) is 11.5. The van der Waals surface area contributed by atoms with Crippen molar-refractivity contribution in [3.8, 4) is 0 Å². The highest BCUT2D eigenvalue weighted by atomic mass is 32.1. The third-order valence-corrected chi connectivity index (χ3v) is 4.55. The van der Waals surface area contributed by atoms with Gasteiger partial charge in [0.15, 0.2) is 0 Å².